The fraction of sp³-hybridized carbons (Fsp3) is 0.438. The lowest BCUT2D eigenvalue weighted by atomic mass is 10.1. The number of rotatable bonds is 5. The first-order valence-corrected chi connectivity index (χ1v) is 6.97. The zero-order valence-corrected chi connectivity index (χ0v) is 12.0. The lowest BCUT2D eigenvalue weighted by molar-refractivity contribution is -0.132. The van der Waals surface area contributed by atoms with Crippen molar-refractivity contribution in [3.63, 3.8) is 0 Å². The molecule has 0 bridgehead atoms. The number of aryl methyl sites for hydroxylation is 1. The molecular formula is C16H21NO3. The lowest BCUT2D eigenvalue weighted by Crippen LogP contribution is -2.26. The van der Waals surface area contributed by atoms with Gasteiger partial charge in [0.2, 0.25) is 0 Å². The van der Waals surface area contributed by atoms with E-state index >= 15 is 0 Å². The zero-order valence-electron chi connectivity index (χ0n) is 12.0. The van der Waals surface area contributed by atoms with Gasteiger partial charge in [0.1, 0.15) is 5.75 Å². The summed E-state index contributed by atoms with van der Waals surface area (Å²) in [7, 11) is 1.62. The quantitative estimate of drug-likeness (QED) is 0.664. The highest BCUT2D eigenvalue weighted by Gasteiger charge is 2.16. The second-order valence-electron chi connectivity index (χ2n) is 5.07. The van der Waals surface area contributed by atoms with Gasteiger partial charge in [-0.2, -0.15) is 0 Å². The number of amides is 1. The second kappa shape index (κ2) is 7.10. The SMILES string of the molecule is COc1ccc(C)cc1/C=C/C(=O)NOC1CCCC1. The number of hydrogen-bond acceptors (Lipinski definition) is 3. The standard InChI is InChI=1S/C16H21NO3/c1-12-7-9-15(19-2)13(11-12)8-10-16(18)17-20-14-5-3-4-6-14/h7-11,14H,3-6H2,1-2H3,(H,17,18)/b10-8+. The summed E-state index contributed by atoms with van der Waals surface area (Å²) < 4.78 is 5.26. The average Bonchev–Trinajstić information content (AvgIpc) is 2.96. The van der Waals surface area contributed by atoms with Gasteiger partial charge in [-0.15, -0.1) is 0 Å². The molecule has 20 heavy (non-hydrogen) atoms. The van der Waals surface area contributed by atoms with Crippen LogP contribution in [-0.4, -0.2) is 19.1 Å². The number of carbonyl (C=O) groups excluding carboxylic acids is 1. The molecule has 1 aromatic rings. The maximum absolute atomic E-state index is 11.7. The fourth-order valence-electron chi connectivity index (χ4n) is 2.33. The highest BCUT2D eigenvalue weighted by molar-refractivity contribution is 5.91. The van der Waals surface area contributed by atoms with Gasteiger partial charge >= 0.3 is 0 Å². The van der Waals surface area contributed by atoms with E-state index in [1.807, 2.05) is 25.1 Å². The molecule has 1 saturated carbocycles. The first-order valence-electron chi connectivity index (χ1n) is 6.97. The molecule has 0 saturated heterocycles. The Hall–Kier alpha value is -1.81. The third-order valence-electron chi connectivity index (χ3n) is 3.43. The van der Waals surface area contributed by atoms with Crippen molar-refractivity contribution >= 4 is 12.0 Å². The van der Waals surface area contributed by atoms with Crippen molar-refractivity contribution in [2.24, 2.45) is 0 Å². The van der Waals surface area contributed by atoms with E-state index in [2.05, 4.69) is 5.48 Å². The Morgan fingerprint density at radius 2 is 2.10 bits per heavy atom. The summed E-state index contributed by atoms with van der Waals surface area (Å²) in [4.78, 5) is 17.0. The summed E-state index contributed by atoms with van der Waals surface area (Å²) in [6.07, 6.45) is 7.77. The van der Waals surface area contributed by atoms with Gasteiger partial charge in [-0.1, -0.05) is 24.5 Å². The smallest absolute Gasteiger partial charge is 0.267 e. The van der Waals surface area contributed by atoms with Crippen LogP contribution in [0.4, 0.5) is 0 Å². The summed E-state index contributed by atoms with van der Waals surface area (Å²) in [5.41, 5.74) is 4.48. The minimum atomic E-state index is -0.250. The molecule has 0 aromatic heterocycles. The largest absolute Gasteiger partial charge is 0.496 e. The number of benzene rings is 1. The molecule has 4 nitrogen and oxygen atoms in total. The van der Waals surface area contributed by atoms with Crippen molar-refractivity contribution in [3.05, 3.63) is 35.4 Å². The summed E-state index contributed by atoms with van der Waals surface area (Å²) in [5.74, 6) is 0.497. The predicted molar refractivity (Wildman–Crippen MR) is 78.2 cm³/mol. The molecule has 1 aromatic carbocycles. The van der Waals surface area contributed by atoms with Crippen LogP contribution in [0.2, 0.25) is 0 Å². The topological polar surface area (TPSA) is 47.6 Å². The molecule has 4 heteroatoms. The molecule has 108 valence electrons. The maximum Gasteiger partial charge on any atom is 0.267 e. The summed E-state index contributed by atoms with van der Waals surface area (Å²) in [6.45, 7) is 2.00. The van der Waals surface area contributed by atoms with Gasteiger partial charge in [-0.25, -0.2) is 5.48 Å². The van der Waals surface area contributed by atoms with E-state index in [0.717, 1.165) is 29.7 Å². The van der Waals surface area contributed by atoms with E-state index in [4.69, 9.17) is 9.57 Å². The van der Waals surface area contributed by atoms with Crippen LogP contribution in [0.3, 0.4) is 0 Å². The van der Waals surface area contributed by atoms with Crippen LogP contribution >= 0.6 is 0 Å². The number of methoxy groups -OCH3 is 1. The van der Waals surface area contributed by atoms with E-state index in [1.165, 1.54) is 18.9 Å². The fourth-order valence-corrected chi connectivity index (χ4v) is 2.33. The molecule has 1 aliphatic carbocycles. The number of nitrogens with one attached hydrogen (secondary N) is 1. The molecule has 0 radical (unpaired) electrons. The van der Waals surface area contributed by atoms with E-state index in [-0.39, 0.29) is 12.0 Å². The maximum atomic E-state index is 11.7. The molecular weight excluding hydrogens is 254 g/mol. The molecule has 0 heterocycles. The third-order valence-corrected chi connectivity index (χ3v) is 3.43. The molecule has 1 aliphatic rings. The number of hydroxylamine groups is 1. The van der Waals surface area contributed by atoms with Crippen LogP contribution in [0.25, 0.3) is 6.08 Å². The monoisotopic (exact) mass is 275 g/mol. The predicted octanol–water partition coefficient (Wildman–Crippen LogP) is 3.01. The highest BCUT2D eigenvalue weighted by atomic mass is 16.7. The van der Waals surface area contributed by atoms with E-state index in [0.29, 0.717) is 0 Å². The van der Waals surface area contributed by atoms with Crippen molar-refractivity contribution in [2.45, 2.75) is 38.7 Å². The molecule has 2 rings (SSSR count). The van der Waals surface area contributed by atoms with Gasteiger partial charge in [-0.3, -0.25) is 9.63 Å². The van der Waals surface area contributed by atoms with Gasteiger partial charge in [0.25, 0.3) is 5.91 Å². The number of hydrogen-bond donors (Lipinski definition) is 1. The average molecular weight is 275 g/mol. The van der Waals surface area contributed by atoms with Crippen LogP contribution in [0.5, 0.6) is 5.75 Å². The van der Waals surface area contributed by atoms with Gasteiger partial charge in [0, 0.05) is 11.6 Å². The van der Waals surface area contributed by atoms with E-state index in [1.54, 1.807) is 13.2 Å². The number of ether oxygens (including phenoxy) is 1. The van der Waals surface area contributed by atoms with Crippen LogP contribution in [0, 0.1) is 6.92 Å². The summed E-state index contributed by atoms with van der Waals surface area (Å²) >= 11 is 0. The van der Waals surface area contributed by atoms with Crippen molar-refractivity contribution in [1.29, 1.82) is 0 Å². The molecule has 1 N–H and O–H groups in total. The Bertz CT molecular complexity index is 490. The summed E-state index contributed by atoms with van der Waals surface area (Å²) in [6, 6.07) is 5.84. The summed E-state index contributed by atoms with van der Waals surface area (Å²) in [5, 5.41) is 0. The molecule has 0 spiro atoms. The van der Waals surface area contributed by atoms with E-state index in [9.17, 15) is 4.79 Å². The van der Waals surface area contributed by atoms with Crippen molar-refractivity contribution in [1.82, 2.24) is 5.48 Å². The Balaban J connectivity index is 1.90. The van der Waals surface area contributed by atoms with Crippen LogP contribution in [0.1, 0.15) is 36.8 Å². The van der Waals surface area contributed by atoms with Crippen molar-refractivity contribution in [2.75, 3.05) is 7.11 Å². The van der Waals surface area contributed by atoms with Crippen LogP contribution in [0.15, 0.2) is 24.3 Å². The Kier molecular flexibility index (Phi) is 5.18. The highest BCUT2D eigenvalue weighted by Crippen LogP contribution is 2.21. The Morgan fingerprint density at radius 3 is 2.80 bits per heavy atom. The van der Waals surface area contributed by atoms with Gasteiger partial charge < -0.3 is 4.74 Å². The first-order chi connectivity index (χ1) is 9.69. The van der Waals surface area contributed by atoms with Gasteiger partial charge in [0.15, 0.2) is 0 Å². The molecule has 0 atom stereocenters. The third kappa shape index (κ3) is 4.10. The molecule has 1 amide bonds. The molecule has 0 aliphatic heterocycles. The minimum absolute atomic E-state index is 0.167. The minimum Gasteiger partial charge on any atom is -0.496 e. The first kappa shape index (κ1) is 14.6. The van der Waals surface area contributed by atoms with Crippen LogP contribution in [-0.2, 0) is 9.63 Å². The van der Waals surface area contributed by atoms with Crippen molar-refractivity contribution < 1.29 is 14.4 Å². The molecule has 0 unspecified atom stereocenters. The zero-order chi connectivity index (χ0) is 14.4. The normalized spacial score (nSPS) is 15.7. The Morgan fingerprint density at radius 1 is 1.35 bits per heavy atom. The second-order valence-corrected chi connectivity index (χ2v) is 5.07. The van der Waals surface area contributed by atoms with Gasteiger partial charge in [-0.05, 0) is 38.0 Å². The molecule has 1 fully saturated rings. The van der Waals surface area contributed by atoms with Gasteiger partial charge in [0.05, 0.1) is 13.2 Å². The number of carbonyl (C=O) groups is 1. The lowest BCUT2D eigenvalue weighted by Gasteiger charge is -2.09. The Labute approximate surface area is 119 Å². The van der Waals surface area contributed by atoms with Crippen LogP contribution < -0.4 is 10.2 Å². The van der Waals surface area contributed by atoms with E-state index < -0.39 is 0 Å². The van der Waals surface area contributed by atoms with Crippen molar-refractivity contribution in [3.8, 4) is 5.75 Å².